The third-order valence-corrected chi connectivity index (χ3v) is 2.31. The molecule has 88 valence electrons. The molecule has 0 spiro atoms. The van der Waals surface area contributed by atoms with Crippen LogP contribution in [0.2, 0.25) is 0 Å². The van der Waals surface area contributed by atoms with Crippen LogP contribution in [-0.2, 0) is 0 Å². The molecule has 0 radical (unpaired) electrons. The highest BCUT2D eigenvalue weighted by Gasteiger charge is 2.09. The Morgan fingerprint density at radius 1 is 1.38 bits per heavy atom. The highest BCUT2D eigenvalue weighted by molar-refractivity contribution is 5.96. The topological polar surface area (TPSA) is 29.1 Å². The molecule has 0 aliphatic heterocycles. The lowest BCUT2D eigenvalue weighted by molar-refractivity contribution is 0.0976. The smallest absolute Gasteiger partial charge is 0.165 e. The lowest BCUT2D eigenvalue weighted by Gasteiger charge is -2.07. The first-order valence-electron chi connectivity index (χ1n) is 5.62. The molecule has 1 rings (SSSR count). The van der Waals surface area contributed by atoms with Crippen LogP contribution in [0.3, 0.4) is 0 Å². The van der Waals surface area contributed by atoms with Crippen molar-refractivity contribution in [3.8, 4) is 0 Å². The fourth-order valence-corrected chi connectivity index (χ4v) is 1.46. The minimum atomic E-state index is -0.427. The van der Waals surface area contributed by atoms with Crippen LogP contribution in [0.1, 0.15) is 37.0 Å². The van der Waals surface area contributed by atoms with E-state index < -0.39 is 5.82 Å². The van der Waals surface area contributed by atoms with Crippen LogP contribution in [0.4, 0.5) is 4.39 Å². The summed E-state index contributed by atoms with van der Waals surface area (Å²) in [6.07, 6.45) is 1.13. The second kappa shape index (κ2) is 6.38. The van der Waals surface area contributed by atoms with Crippen molar-refractivity contribution in [2.45, 2.75) is 32.7 Å². The Labute approximate surface area is 95.9 Å². The monoisotopic (exact) mass is 223 g/mol. The highest BCUT2D eigenvalue weighted by atomic mass is 19.1. The highest BCUT2D eigenvalue weighted by Crippen LogP contribution is 2.09. The maximum Gasteiger partial charge on any atom is 0.165 e. The second-order valence-corrected chi connectivity index (χ2v) is 4.12. The SMILES string of the molecule is CC(C)NCCCC(=O)c1ccccc1F. The van der Waals surface area contributed by atoms with Crippen molar-refractivity contribution in [1.82, 2.24) is 5.32 Å². The molecule has 3 heteroatoms. The fourth-order valence-electron chi connectivity index (χ4n) is 1.46. The van der Waals surface area contributed by atoms with Crippen LogP contribution in [0.15, 0.2) is 24.3 Å². The molecule has 16 heavy (non-hydrogen) atoms. The number of hydrogen-bond donors (Lipinski definition) is 1. The Hall–Kier alpha value is -1.22. The van der Waals surface area contributed by atoms with Crippen LogP contribution in [0.25, 0.3) is 0 Å². The van der Waals surface area contributed by atoms with Gasteiger partial charge in [0.25, 0.3) is 0 Å². The Morgan fingerprint density at radius 2 is 2.06 bits per heavy atom. The lowest BCUT2D eigenvalue weighted by atomic mass is 10.1. The Bertz CT molecular complexity index is 350. The summed E-state index contributed by atoms with van der Waals surface area (Å²) in [7, 11) is 0. The number of ketones is 1. The normalized spacial score (nSPS) is 10.8. The number of halogens is 1. The summed E-state index contributed by atoms with van der Waals surface area (Å²) in [5.41, 5.74) is 0.201. The first-order chi connectivity index (χ1) is 7.61. The van der Waals surface area contributed by atoms with Gasteiger partial charge in [-0.1, -0.05) is 26.0 Å². The first kappa shape index (κ1) is 12.8. The van der Waals surface area contributed by atoms with Crippen molar-refractivity contribution in [2.24, 2.45) is 0 Å². The molecule has 0 amide bonds. The maximum atomic E-state index is 13.2. The fraction of sp³-hybridized carbons (Fsp3) is 0.462. The number of carbonyl (C=O) groups is 1. The van der Waals surface area contributed by atoms with Gasteiger partial charge in [0, 0.05) is 12.5 Å². The zero-order chi connectivity index (χ0) is 12.0. The van der Waals surface area contributed by atoms with Crippen molar-refractivity contribution in [1.29, 1.82) is 0 Å². The van der Waals surface area contributed by atoms with Gasteiger partial charge in [0.05, 0.1) is 5.56 Å². The molecule has 1 aromatic carbocycles. The van der Waals surface area contributed by atoms with Crippen molar-refractivity contribution in [3.05, 3.63) is 35.6 Å². The minimum absolute atomic E-state index is 0.122. The molecule has 1 aromatic rings. The number of hydrogen-bond acceptors (Lipinski definition) is 2. The summed E-state index contributed by atoms with van der Waals surface area (Å²) in [5.74, 6) is -0.548. The van der Waals surface area contributed by atoms with E-state index in [0.717, 1.165) is 13.0 Å². The lowest BCUT2D eigenvalue weighted by Crippen LogP contribution is -2.24. The van der Waals surface area contributed by atoms with E-state index in [0.29, 0.717) is 12.5 Å². The average Bonchev–Trinajstić information content (AvgIpc) is 2.24. The minimum Gasteiger partial charge on any atom is -0.315 e. The molecule has 0 bridgehead atoms. The number of carbonyl (C=O) groups excluding carboxylic acids is 1. The predicted octanol–water partition coefficient (Wildman–Crippen LogP) is 2.79. The van der Waals surface area contributed by atoms with Crippen molar-refractivity contribution >= 4 is 5.78 Å². The van der Waals surface area contributed by atoms with Gasteiger partial charge in [0.15, 0.2) is 5.78 Å². The Morgan fingerprint density at radius 3 is 2.69 bits per heavy atom. The van der Waals surface area contributed by atoms with Gasteiger partial charge in [-0.15, -0.1) is 0 Å². The van der Waals surface area contributed by atoms with Crippen LogP contribution < -0.4 is 5.32 Å². The van der Waals surface area contributed by atoms with E-state index in [1.54, 1.807) is 12.1 Å². The number of benzene rings is 1. The number of rotatable bonds is 6. The van der Waals surface area contributed by atoms with Gasteiger partial charge in [0.1, 0.15) is 5.82 Å². The molecule has 0 atom stereocenters. The molecular formula is C13H18FNO. The van der Waals surface area contributed by atoms with Crippen LogP contribution in [-0.4, -0.2) is 18.4 Å². The molecule has 0 aromatic heterocycles. The van der Waals surface area contributed by atoms with E-state index >= 15 is 0 Å². The summed E-state index contributed by atoms with van der Waals surface area (Å²) >= 11 is 0. The number of nitrogens with one attached hydrogen (secondary N) is 1. The second-order valence-electron chi connectivity index (χ2n) is 4.12. The van der Waals surface area contributed by atoms with Gasteiger partial charge in [-0.05, 0) is 25.1 Å². The average molecular weight is 223 g/mol. The van der Waals surface area contributed by atoms with Gasteiger partial charge >= 0.3 is 0 Å². The van der Waals surface area contributed by atoms with Crippen LogP contribution in [0, 0.1) is 5.82 Å². The van der Waals surface area contributed by atoms with E-state index in [4.69, 9.17) is 0 Å². The number of Topliss-reactive ketones (excluding diaryl/α,β-unsaturated/α-hetero) is 1. The molecule has 2 nitrogen and oxygen atoms in total. The molecular weight excluding hydrogens is 205 g/mol. The molecule has 0 aliphatic carbocycles. The maximum absolute atomic E-state index is 13.2. The molecule has 0 saturated carbocycles. The van der Waals surface area contributed by atoms with E-state index in [9.17, 15) is 9.18 Å². The van der Waals surface area contributed by atoms with Gasteiger partial charge in [-0.25, -0.2) is 4.39 Å². The van der Waals surface area contributed by atoms with Crippen LogP contribution >= 0.6 is 0 Å². The summed E-state index contributed by atoms with van der Waals surface area (Å²) in [5, 5.41) is 3.22. The standard InChI is InChI=1S/C13H18FNO/c1-10(2)15-9-5-8-13(16)11-6-3-4-7-12(11)14/h3-4,6-7,10,15H,5,8-9H2,1-2H3. The first-order valence-corrected chi connectivity index (χ1v) is 5.62. The molecule has 0 saturated heterocycles. The predicted molar refractivity (Wildman–Crippen MR) is 63.1 cm³/mol. The largest absolute Gasteiger partial charge is 0.315 e. The summed E-state index contributed by atoms with van der Waals surface area (Å²) in [4.78, 5) is 11.6. The Kier molecular flexibility index (Phi) is 5.12. The van der Waals surface area contributed by atoms with E-state index in [1.807, 2.05) is 0 Å². The van der Waals surface area contributed by atoms with Crippen LogP contribution in [0.5, 0.6) is 0 Å². The molecule has 1 N–H and O–H groups in total. The summed E-state index contributed by atoms with van der Waals surface area (Å²) in [6.45, 7) is 4.90. The quantitative estimate of drug-likeness (QED) is 0.593. The molecule has 0 unspecified atom stereocenters. The van der Waals surface area contributed by atoms with Gasteiger partial charge < -0.3 is 5.32 Å². The molecule has 0 fully saturated rings. The zero-order valence-corrected chi connectivity index (χ0v) is 9.79. The van der Waals surface area contributed by atoms with E-state index in [2.05, 4.69) is 19.2 Å². The third-order valence-electron chi connectivity index (χ3n) is 2.31. The van der Waals surface area contributed by atoms with Gasteiger partial charge in [0.2, 0.25) is 0 Å². The van der Waals surface area contributed by atoms with Crippen molar-refractivity contribution in [3.63, 3.8) is 0 Å². The van der Waals surface area contributed by atoms with Gasteiger partial charge in [-0.2, -0.15) is 0 Å². The van der Waals surface area contributed by atoms with E-state index in [-0.39, 0.29) is 11.3 Å². The summed E-state index contributed by atoms with van der Waals surface area (Å²) in [6, 6.07) is 6.55. The molecule has 0 heterocycles. The molecule has 0 aliphatic rings. The van der Waals surface area contributed by atoms with Crippen molar-refractivity contribution < 1.29 is 9.18 Å². The van der Waals surface area contributed by atoms with E-state index in [1.165, 1.54) is 12.1 Å². The zero-order valence-electron chi connectivity index (χ0n) is 9.79. The van der Waals surface area contributed by atoms with Crippen molar-refractivity contribution in [2.75, 3.05) is 6.54 Å². The Balaban J connectivity index is 2.39. The summed E-state index contributed by atoms with van der Waals surface area (Å²) < 4.78 is 13.2. The third kappa shape index (κ3) is 4.11. The van der Waals surface area contributed by atoms with Gasteiger partial charge in [-0.3, -0.25) is 4.79 Å².